The van der Waals surface area contributed by atoms with E-state index in [9.17, 15) is 18.0 Å². The summed E-state index contributed by atoms with van der Waals surface area (Å²) in [6.45, 7) is 2.04. The average molecular weight is 502 g/mol. The summed E-state index contributed by atoms with van der Waals surface area (Å²) < 4.78 is 36.1. The van der Waals surface area contributed by atoms with Crippen molar-refractivity contribution in [2.45, 2.75) is 18.2 Å². The molecule has 0 N–H and O–H groups in total. The van der Waals surface area contributed by atoms with Crippen LogP contribution in [-0.2, 0) is 15.0 Å². The van der Waals surface area contributed by atoms with Gasteiger partial charge in [-0.25, -0.2) is 0 Å². The number of halogens is 1. The Morgan fingerprint density at radius 1 is 0.853 bits per heavy atom. The van der Waals surface area contributed by atoms with Gasteiger partial charge in [-0.1, -0.05) is 35.9 Å². The third-order valence-electron chi connectivity index (χ3n) is 4.87. The van der Waals surface area contributed by atoms with Gasteiger partial charge < -0.3 is 8.92 Å². The number of hydrogen-bond acceptors (Lipinski definition) is 7. The standard InChI is InChI=1S/C24H20ClNO7S/c1-16-13-17(15-18(14-16)33-34(29,30)22-10-5-4-9-21(22)25)31-11-6-12-32-26-23(27)19-7-2-3-8-20(19)24(26)28/h2-5,7-10,13-15H,6,11-12H2,1H3. The number of nitrogens with zero attached hydrogens (tertiary/aromatic N) is 1. The predicted octanol–water partition coefficient (Wildman–Crippen LogP) is 4.41. The van der Waals surface area contributed by atoms with Gasteiger partial charge in [-0.05, 0) is 48.9 Å². The lowest BCUT2D eigenvalue weighted by atomic mass is 10.1. The van der Waals surface area contributed by atoms with Gasteiger partial charge in [0, 0.05) is 12.5 Å². The number of benzene rings is 3. The number of aryl methyl sites for hydroxylation is 1. The first kappa shape index (κ1) is 23.7. The van der Waals surface area contributed by atoms with Crippen LogP contribution in [0.3, 0.4) is 0 Å². The molecule has 0 aromatic heterocycles. The molecule has 0 unspecified atom stereocenters. The lowest BCUT2D eigenvalue weighted by Crippen LogP contribution is -2.30. The van der Waals surface area contributed by atoms with Crippen LogP contribution in [0.1, 0.15) is 32.7 Å². The lowest BCUT2D eigenvalue weighted by molar-refractivity contribution is -0.0935. The highest BCUT2D eigenvalue weighted by molar-refractivity contribution is 7.87. The summed E-state index contributed by atoms with van der Waals surface area (Å²) in [5, 5.41) is 0.813. The second kappa shape index (κ2) is 9.84. The van der Waals surface area contributed by atoms with Crippen LogP contribution in [0.4, 0.5) is 0 Å². The monoisotopic (exact) mass is 501 g/mol. The van der Waals surface area contributed by atoms with Crippen molar-refractivity contribution in [2.75, 3.05) is 13.2 Å². The number of ether oxygens (including phenoxy) is 1. The topological polar surface area (TPSA) is 99.2 Å². The second-order valence-corrected chi connectivity index (χ2v) is 9.36. The van der Waals surface area contributed by atoms with Gasteiger partial charge in [-0.15, -0.1) is 5.06 Å². The van der Waals surface area contributed by atoms with E-state index in [4.69, 9.17) is 25.4 Å². The number of carbonyl (C=O) groups is 2. The smallest absolute Gasteiger partial charge is 0.340 e. The molecular formula is C24H20ClNO7S. The molecule has 0 bridgehead atoms. The molecule has 2 amide bonds. The number of hydrogen-bond donors (Lipinski definition) is 0. The molecule has 0 saturated heterocycles. The first-order valence-electron chi connectivity index (χ1n) is 10.3. The average Bonchev–Trinajstić information content (AvgIpc) is 3.03. The van der Waals surface area contributed by atoms with Crippen molar-refractivity contribution in [3.05, 3.63) is 88.4 Å². The maximum absolute atomic E-state index is 12.6. The van der Waals surface area contributed by atoms with Crippen LogP contribution in [0.2, 0.25) is 5.02 Å². The molecule has 34 heavy (non-hydrogen) atoms. The van der Waals surface area contributed by atoms with Crippen LogP contribution in [0, 0.1) is 6.92 Å². The molecule has 1 heterocycles. The van der Waals surface area contributed by atoms with Crippen LogP contribution in [0.25, 0.3) is 0 Å². The number of amides is 2. The van der Waals surface area contributed by atoms with E-state index in [2.05, 4.69) is 0 Å². The zero-order chi connectivity index (χ0) is 24.3. The highest BCUT2D eigenvalue weighted by atomic mass is 35.5. The summed E-state index contributed by atoms with van der Waals surface area (Å²) in [5.74, 6) is -0.522. The maximum Gasteiger partial charge on any atom is 0.340 e. The number of imide groups is 1. The van der Waals surface area contributed by atoms with E-state index in [0.29, 0.717) is 23.3 Å². The molecule has 4 rings (SSSR count). The molecule has 0 saturated carbocycles. The molecule has 0 fully saturated rings. The fourth-order valence-electron chi connectivity index (χ4n) is 3.35. The van der Waals surface area contributed by atoms with Crippen molar-refractivity contribution in [3.63, 3.8) is 0 Å². The summed E-state index contributed by atoms with van der Waals surface area (Å²) in [6.07, 6.45) is 0.370. The Hall–Kier alpha value is -3.40. The van der Waals surface area contributed by atoms with Crippen molar-refractivity contribution in [2.24, 2.45) is 0 Å². The molecule has 0 radical (unpaired) electrons. The van der Waals surface area contributed by atoms with Crippen molar-refractivity contribution >= 4 is 33.5 Å². The van der Waals surface area contributed by atoms with Crippen molar-refractivity contribution in [1.29, 1.82) is 0 Å². The van der Waals surface area contributed by atoms with E-state index in [1.54, 1.807) is 55.5 Å². The van der Waals surface area contributed by atoms with Crippen molar-refractivity contribution in [1.82, 2.24) is 5.06 Å². The normalized spacial score (nSPS) is 13.2. The van der Waals surface area contributed by atoms with Gasteiger partial charge in [0.05, 0.1) is 29.4 Å². The van der Waals surface area contributed by atoms with E-state index in [-0.39, 0.29) is 28.9 Å². The minimum Gasteiger partial charge on any atom is -0.493 e. The molecule has 176 valence electrons. The molecule has 3 aromatic rings. The second-order valence-electron chi connectivity index (χ2n) is 7.44. The highest BCUT2D eigenvalue weighted by Gasteiger charge is 2.36. The molecule has 10 heteroatoms. The van der Waals surface area contributed by atoms with Gasteiger partial charge in [0.15, 0.2) is 0 Å². The number of fused-ring (bicyclic) bond motifs is 1. The predicted molar refractivity (Wildman–Crippen MR) is 123 cm³/mol. The van der Waals surface area contributed by atoms with Gasteiger partial charge in [-0.2, -0.15) is 8.42 Å². The Balaban J connectivity index is 1.32. The largest absolute Gasteiger partial charge is 0.493 e. The van der Waals surface area contributed by atoms with Gasteiger partial charge >= 0.3 is 10.1 Å². The van der Waals surface area contributed by atoms with E-state index < -0.39 is 21.9 Å². The van der Waals surface area contributed by atoms with Gasteiger partial charge in [0.1, 0.15) is 16.4 Å². The fraction of sp³-hybridized carbons (Fsp3) is 0.167. The van der Waals surface area contributed by atoms with E-state index in [0.717, 1.165) is 10.6 Å². The van der Waals surface area contributed by atoms with E-state index in [1.807, 2.05) is 0 Å². The maximum atomic E-state index is 12.6. The summed E-state index contributed by atoms with van der Waals surface area (Å²) >= 11 is 5.99. The number of rotatable bonds is 9. The zero-order valence-electron chi connectivity index (χ0n) is 18.1. The third kappa shape index (κ3) is 5.06. The van der Waals surface area contributed by atoms with Crippen LogP contribution in [0.15, 0.2) is 71.6 Å². The molecule has 0 aliphatic carbocycles. The molecular weight excluding hydrogens is 482 g/mol. The van der Waals surface area contributed by atoms with Crippen LogP contribution in [0.5, 0.6) is 11.5 Å². The molecule has 8 nitrogen and oxygen atoms in total. The quantitative estimate of drug-likeness (QED) is 0.243. The van der Waals surface area contributed by atoms with Crippen LogP contribution in [-0.4, -0.2) is 38.5 Å². The summed E-state index contributed by atoms with van der Waals surface area (Å²) in [4.78, 5) is 29.8. The van der Waals surface area contributed by atoms with Gasteiger partial charge in [-0.3, -0.25) is 14.4 Å². The third-order valence-corrected chi connectivity index (χ3v) is 6.62. The molecule has 0 spiro atoms. The Morgan fingerprint density at radius 3 is 2.15 bits per heavy atom. The number of hydroxylamine groups is 2. The highest BCUT2D eigenvalue weighted by Crippen LogP contribution is 2.28. The van der Waals surface area contributed by atoms with Gasteiger partial charge in [0.2, 0.25) is 0 Å². The Bertz CT molecular complexity index is 1320. The Labute approximate surface area is 201 Å². The molecule has 1 aliphatic heterocycles. The van der Waals surface area contributed by atoms with E-state index in [1.165, 1.54) is 18.2 Å². The number of carbonyl (C=O) groups excluding carboxylic acids is 2. The fourth-order valence-corrected chi connectivity index (χ4v) is 4.76. The Kier molecular flexibility index (Phi) is 6.87. The minimum absolute atomic E-state index is 0.0599. The van der Waals surface area contributed by atoms with E-state index >= 15 is 0 Å². The summed E-state index contributed by atoms with van der Waals surface area (Å²) in [6, 6.07) is 17.2. The van der Waals surface area contributed by atoms with Crippen LogP contribution >= 0.6 is 11.6 Å². The summed E-state index contributed by atoms with van der Waals surface area (Å²) in [7, 11) is -4.13. The van der Waals surface area contributed by atoms with Crippen molar-refractivity contribution in [3.8, 4) is 11.5 Å². The van der Waals surface area contributed by atoms with Crippen LogP contribution < -0.4 is 8.92 Å². The van der Waals surface area contributed by atoms with Gasteiger partial charge in [0.25, 0.3) is 11.8 Å². The SMILES string of the molecule is Cc1cc(OCCCON2C(=O)c3ccccc3C2=O)cc(OS(=O)(=O)c2ccccc2Cl)c1. The molecule has 0 atom stereocenters. The zero-order valence-corrected chi connectivity index (χ0v) is 19.6. The minimum atomic E-state index is -4.13. The first-order chi connectivity index (χ1) is 16.3. The molecule has 1 aliphatic rings. The van der Waals surface area contributed by atoms with Crippen molar-refractivity contribution < 1.29 is 31.8 Å². The molecule has 3 aromatic carbocycles. The summed E-state index contributed by atoms with van der Waals surface area (Å²) in [5.41, 5.74) is 1.34. The first-order valence-corrected chi connectivity index (χ1v) is 12.1. The Morgan fingerprint density at radius 2 is 1.47 bits per heavy atom. The lowest BCUT2D eigenvalue weighted by Gasteiger charge is -2.14.